The molecule has 0 unspecified atom stereocenters. The molecule has 0 saturated carbocycles. The van der Waals surface area contributed by atoms with Crippen molar-refractivity contribution >= 4 is 0 Å². The molecule has 0 radical (unpaired) electrons. The van der Waals surface area contributed by atoms with Gasteiger partial charge in [-0.3, -0.25) is 6.42 Å². The van der Waals surface area contributed by atoms with E-state index in [9.17, 15) is 0 Å². The third kappa shape index (κ3) is 6.92. The summed E-state index contributed by atoms with van der Waals surface area (Å²) in [7, 11) is 1.00. The van der Waals surface area contributed by atoms with Crippen LogP contribution in [-0.2, 0) is 4.74 Å². The maximum Gasteiger partial charge on any atom is 1.00 e. The summed E-state index contributed by atoms with van der Waals surface area (Å²) in [6, 6.07) is 0. The topological polar surface area (TPSA) is 29.5 Å². The first-order valence-electron chi connectivity index (χ1n) is 1.84. The molecule has 1 N–H and O–H groups in total. The molecule has 1 saturated heterocycles. The zero-order valence-electron chi connectivity index (χ0n) is 4.85. The zero-order valence-corrected chi connectivity index (χ0v) is 6.85. The molecule has 0 amide bonds. The SMILES string of the molecule is CO.[CH-]1COC1.[Na+]. The van der Waals surface area contributed by atoms with E-state index in [2.05, 4.69) is 11.2 Å². The van der Waals surface area contributed by atoms with Crippen LogP contribution in [0.4, 0.5) is 0 Å². The molecule has 38 valence electrons. The molecule has 0 aromatic heterocycles. The first-order chi connectivity index (χ1) is 3.00. The van der Waals surface area contributed by atoms with Gasteiger partial charge in [-0.15, -0.1) is 0 Å². The van der Waals surface area contributed by atoms with E-state index in [-0.39, 0.29) is 29.6 Å². The molecule has 0 spiro atoms. The van der Waals surface area contributed by atoms with Gasteiger partial charge in [0.25, 0.3) is 0 Å². The van der Waals surface area contributed by atoms with Crippen LogP contribution in [0.25, 0.3) is 0 Å². The average Bonchev–Trinajstić information content (AvgIpc) is 1.36. The van der Waals surface area contributed by atoms with Gasteiger partial charge in [0.2, 0.25) is 0 Å². The standard InChI is InChI=1S/C3H5O.CH4O.Na/c1-2-4-3-1;1-2;/h1H,2-3H2;2H,1H3;/q-1;;+1. The molecule has 1 aliphatic heterocycles. The third-order valence-corrected chi connectivity index (χ3v) is 0.471. The van der Waals surface area contributed by atoms with Crippen molar-refractivity contribution in [2.24, 2.45) is 0 Å². The summed E-state index contributed by atoms with van der Waals surface area (Å²) in [6.07, 6.45) is 2.08. The van der Waals surface area contributed by atoms with Crippen molar-refractivity contribution in [3.8, 4) is 0 Å². The van der Waals surface area contributed by atoms with Crippen molar-refractivity contribution in [2.75, 3.05) is 20.3 Å². The summed E-state index contributed by atoms with van der Waals surface area (Å²) in [6.45, 7) is 1.75. The summed E-state index contributed by atoms with van der Waals surface area (Å²) < 4.78 is 4.67. The van der Waals surface area contributed by atoms with E-state index in [0.29, 0.717) is 0 Å². The Morgan fingerprint density at radius 1 is 1.43 bits per heavy atom. The minimum absolute atomic E-state index is 0. The number of ether oxygens (including phenoxy) is 1. The Bertz CT molecular complexity index is 17.7. The largest absolute Gasteiger partial charge is 1.00 e. The molecule has 3 heteroatoms. The minimum Gasteiger partial charge on any atom is -0.445 e. The molecule has 1 rings (SSSR count). The smallest absolute Gasteiger partial charge is 0.445 e. The van der Waals surface area contributed by atoms with Gasteiger partial charge in [-0.25, -0.2) is 0 Å². The molecular formula is C4H9NaO2. The number of hydrogen-bond acceptors (Lipinski definition) is 2. The van der Waals surface area contributed by atoms with Gasteiger partial charge in [-0.05, 0) is 0 Å². The Hall–Kier alpha value is 0.920. The fourth-order valence-corrected chi connectivity index (χ4v) is 0.118. The van der Waals surface area contributed by atoms with Crippen molar-refractivity contribution < 1.29 is 39.4 Å². The Morgan fingerprint density at radius 2 is 1.57 bits per heavy atom. The van der Waals surface area contributed by atoms with Crippen LogP contribution in [0.15, 0.2) is 0 Å². The molecule has 0 aliphatic carbocycles. The predicted molar refractivity (Wildman–Crippen MR) is 23.3 cm³/mol. The number of aliphatic hydroxyl groups excluding tert-OH is 1. The summed E-state index contributed by atoms with van der Waals surface area (Å²) in [5.41, 5.74) is 0. The van der Waals surface area contributed by atoms with Crippen LogP contribution in [0, 0.1) is 6.42 Å². The zero-order chi connectivity index (χ0) is 4.83. The quantitative estimate of drug-likeness (QED) is 0.265. The Kier molecular flexibility index (Phi) is 15.5. The first kappa shape index (κ1) is 10.8. The van der Waals surface area contributed by atoms with E-state index in [1.807, 2.05) is 0 Å². The Balaban J connectivity index is 0. The first-order valence-corrected chi connectivity index (χ1v) is 1.84. The summed E-state index contributed by atoms with van der Waals surface area (Å²) in [4.78, 5) is 0. The molecule has 0 aromatic rings. The van der Waals surface area contributed by atoms with Crippen LogP contribution < -0.4 is 29.6 Å². The van der Waals surface area contributed by atoms with Crippen LogP contribution >= 0.6 is 0 Å². The number of hydrogen-bond donors (Lipinski definition) is 1. The normalized spacial score (nSPS) is 14.6. The molecule has 1 fully saturated rings. The van der Waals surface area contributed by atoms with Gasteiger partial charge in [0.05, 0.1) is 0 Å². The fraction of sp³-hybridized carbons (Fsp3) is 0.750. The van der Waals surface area contributed by atoms with E-state index in [0.717, 1.165) is 20.3 Å². The van der Waals surface area contributed by atoms with E-state index < -0.39 is 0 Å². The molecule has 1 heterocycles. The van der Waals surface area contributed by atoms with Crippen molar-refractivity contribution in [3.05, 3.63) is 6.42 Å². The average molecular weight is 112 g/mol. The van der Waals surface area contributed by atoms with Crippen LogP contribution in [0.2, 0.25) is 0 Å². The minimum atomic E-state index is 0. The summed E-state index contributed by atoms with van der Waals surface area (Å²) in [5.74, 6) is 0. The number of rotatable bonds is 0. The molecule has 0 bridgehead atoms. The molecule has 0 atom stereocenters. The molecular weight excluding hydrogens is 103 g/mol. The number of aliphatic hydroxyl groups is 1. The predicted octanol–water partition coefficient (Wildman–Crippen LogP) is -3.17. The van der Waals surface area contributed by atoms with Crippen LogP contribution in [0.1, 0.15) is 0 Å². The van der Waals surface area contributed by atoms with Gasteiger partial charge in [0.15, 0.2) is 0 Å². The summed E-state index contributed by atoms with van der Waals surface area (Å²) >= 11 is 0. The van der Waals surface area contributed by atoms with E-state index in [4.69, 9.17) is 5.11 Å². The van der Waals surface area contributed by atoms with Gasteiger partial charge < -0.3 is 9.84 Å². The van der Waals surface area contributed by atoms with Gasteiger partial charge >= 0.3 is 29.6 Å². The van der Waals surface area contributed by atoms with Gasteiger partial charge in [-0.1, -0.05) is 13.2 Å². The molecule has 7 heavy (non-hydrogen) atoms. The Labute approximate surface area is 66.2 Å². The van der Waals surface area contributed by atoms with Gasteiger partial charge in [0, 0.05) is 7.11 Å². The summed E-state index contributed by atoms with van der Waals surface area (Å²) in [5, 5.41) is 7.00. The van der Waals surface area contributed by atoms with E-state index in [1.165, 1.54) is 0 Å². The monoisotopic (exact) mass is 112 g/mol. The maximum absolute atomic E-state index is 7.00. The molecule has 1 aliphatic rings. The molecule has 2 nitrogen and oxygen atoms in total. The van der Waals surface area contributed by atoms with Crippen molar-refractivity contribution in [1.29, 1.82) is 0 Å². The van der Waals surface area contributed by atoms with Crippen LogP contribution in [0.5, 0.6) is 0 Å². The second-order valence-corrected chi connectivity index (χ2v) is 0.826. The fourth-order valence-electron chi connectivity index (χ4n) is 0.118. The van der Waals surface area contributed by atoms with Crippen molar-refractivity contribution in [2.45, 2.75) is 0 Å². The van der Waals surface area contributed by atoms with Crippen molar-refractivity contribution in [1.82, 2.24) is 0 Å². The molecule has 0 aromatic carbocycles. The van der Waals surface area contributed by atoms with Crippen LogP contribution in [0.3, 0.4) is 0 Å². The van der Waals surface area contributed by atoms with Crippen molar-refractivity contribution in [3.63, 3.8) is 0 Å². The van der Waals surface area contributed by atoms with Crippen LogP contribution in [-0.4, -0.2) is 25.4 Å². The van der Waals surface area contributed by atoms with Gasteiger partial charge in [-0.2, -0.15) is 0 Å². The third-order valence-electron chi connectivity index (χ3n) is 0.471. The second kappa shape index (κ2) is 10.0. The van der Waals surface area contributed by atoms with E-state index >= 15 is 0 Å². The Morgan fingerprint density at radius 3 is 1.57 bits per heavy atom. The van der Waals surface area contributed by atoms with Gasteiger partial charge in [0.1, 0.15) is 0 Å². The second-order valence-electron chi connectivity index (χ2n) is 0.826. The maximum atomic E-state index is 7.00. The van der Waals surface area contributed by atoms with E-state index in [1.54, 1.807) is 0 Å².